The second-order valence-corrected chi connectivity index (χ2v) is 12.6. The fourth-order valence-corrected chi connectivity index (χ4v) is 5.20. The second kappa shape index (κ2) is 18.3. The minimum absolute atomic E-state index is 0.153. The predicted octanol–water partition coefficient (Wildman–Crippen LogP) is -14.0. The smallest absolute Gasteiger partial charge is 0.339 e. The van der Waals surface area contributed by atoms with Crippen molar-refractivity contribution in [3.63, 3.8) is 0 Å². The van der Waals surface area contributed by atoms with E-state index in [1.165, 1.54) is 14.0 Å². The fraction of sp³-hybridized carbons (Fsp3) is 0.857. The van der Waals surface area contributed by atoms with Gasteiger partial charge in [-0.05, 0) is 14.0 Å². The Morgan fingerprint density at radius 3 is 1.74 bits per heavy atom. The average molecular weight is 778 g/mol. The molecule has 0 amide bonds. The van der Waals surface area contributed by atoms with E-state index in [-0.39, 0.29) is 12.2 Å². The molecule has 0 aromatic rings. The third-order valence-corrected chi connectivity index (χ3v) is 7.48. The minimum Gasteiger partial charge on any atom is -0.726 e. The fourth-order valence-electron chi connectivity index (χ4n) is 5.20. The van der Waals surface area contributed by atoms with Crippen LogP contribution in [0.15, 0.2) is 0 Å². The predicted molar refractivity (Wildman–Crippen MR) is 155 cm³/mol. The molecular weight excluding hydrogens is 734 g/mol. The van der Waals surface area contributed by atoms with E-state index in [0.717, 1.165) is 0 Å². The number of rotatable bonds is 9. The van der Waals surface area contributed by atoms with Gasteiger partial charge in [-0.1, -0.05) is 0 Å². The minimum atomic E-state index is -4.92. The molecular formula is C21H43N7O20S2. The number of guanidine groups is 2. The summed E-state index contributed by atoms with van der Waals surface area (Å²) in [5, 5.41) is 76.8. The number of ether oxygens (including phenoxy) is 4. The molecule has 27 nitrogen and oxygen atoms in total. The van der Waals surface area contributed by atoms with Gasteiger partial charge in [-0.2, -0.15) is 0 Å². The van der Waals surface area contributed by atoms with Crippen LogP contribution in [0, 0.1) is 0 Å². The largest absolute Gasteiger partial charge is 0.726 e. The SMILES string of the molecule is CNC1C(OC2C(OC3C(O)C(O)C([NH+]=C(N)N)C(O)C3[NH+]=C(N)N)OC(C)C2(O)C=O)OC(CO)C(O)C1O.O=S(=O)([O-])O.O=S(=O)([O-])O. The van der Waals surface area contributed by atoms with E-state index in [9.17, 15) is 40.5 Å². The highest BCUT2D eigenvalue weighted by Crippen LogP contribution is 2.37. The Hall–Kier alpha value is -2.53. The molecule has 3 aliphatic rings. The Morgan fingerprint density at radius 1 is 0.840 bits per heavy atom. The zero-order chi connectivity index (χ0) is 39.1. The first-order valence-electron chi connectivity index (χ1n) is 13.9. The highest BCUT2D eigenvalue weighted by molar-refractivity contribution is 7.80. The molecule has 3 rings (SSSR count). The van der Waals surface area contributed by atoms with Gasteiger partial charge >= 0.3 is 11.9 Å². The number of hydrogen-bond acceptors (Lipinski definition) is 19. The van der Waals surface area contributed by atoms with Gasteiger partial charge < -0.3 is 69.1 Å². The molecule has 0 radical (unpaired) electrons. The molecule has 15 atom stereocenters. The quantitative estimate of drug-likeness (QED) is 0.0340. The summed E-state index contributed by atoms with van der Waals surface area (Å²) in [5.41, 5.74) is 19.7. The summed E-state index contributed by atoms with van der Waals surface area (Å²) < 4.78 is 88.7. The standard InChI is InChI=1S/C21H39N7O12.2H2O4S/c1-5-21(36,4-30)16(40-17-9(26-2)13(34)10(31)6(3-29)38-17)18(37-5)39-15-8(28-20(24)25)11(32)7(27-19(22)23)12(33)14(15)35;2*1-5(2,3)4/h4-18,26,29,31-36H,3H2,1-2H3,(H4,22,23,27)(H4,24,25,28);2*(H2,1,2,3,4). The summed E-state index contributed by atoms with van der Waals surface area (Å²) in [5.74, 6) is -0.756. The monoisotopic (exact) mass is 777 g/mol. The lowest BCUT2D eigenvalue weighted by Gasteiger charge is -2.45. The van der Waals surface area contributed by atoms with Crippen LogP contribution >= 0.6 is 0 Å². The molecule has 3 fully saturated rings. The first-order valence-corrected chi connectivity index (χ1v) is 16.6. The number of carbonyl (C=O) groups excluding carboxylic acids is 1. The molecule has 2 heterocycles. The van der Waals surface area contributed by atoms with Crippen LogP contribution in [0.3, 0.4) is 0 Å². The number of nitrogens with one attached hydrogen (secondary N) is 3. The third-order valence-electron chi connectivity index (χ3n) is 7.48. The highest BCUT2D eigenvalue weighted by Gasteiger charge is 2.61. The maximum atomic E-state index is 12.1. The van der Waals surface area contributed by atoms with Crippen molar-refractivity contribution < 1.29 is 105 Å². The highest BCUT2D eigenvalue weighted by atomic mass is 32.3. The Bertz CT molecular complexity index is 1340. The third kappa shape index (κ3) is 12.6. The van der Waals surface area contributed by atoms with Gasteiger partial charge in [-0.15, -0.1) is 0 Å². The van der Waals surface area contributed by atoms with Crippen molar-refractivity contribution in [2.45, 2.75) is 98.2 Å². The maximum Gasteiger partial charge on any atom is 0.339 e. The van der Waals surface area contributed by atoms with E-state index in [1.807, 2.05) is 0 Å². The second-order valence-electron chi connectivity index (χ2n) is 10.9. The lowest BCUT2D eigenvalue weighted by molar-refractivity contribution is -0.597. The maximum absolute atomic E-state index is 12.1. The number of aliphatic hydroxyl groups excluding tert-OH is 6. The Kier molecular flexibility index (Phi) is 16.6. The van der Waals surface area contributed by atoms with E-state index in [4.69, 9.17) is 76.9 Å². The van der Waals surface area contributed by atoms with Crippen molar-refractivity contribution in [3.05, 3.63) is 0 Å². The summed E-state index contributed by atoms with van der Waals surface area (Å²) in [6.07, 6.45) is -16.9. The number of aldehydes is 1. The normalized spacial score (nSPS) is 40.3. The Labute approximate surface area is 283 Å². The molecule has 20 N–H and O–H groups in total. The number of likely N-dealkylation sites (N-methyl/N-ethyl adjacent to an activating group) is 1. The van der Waals surface area contributed by atoms with Crippen molar-refractivity contribution in [2.75, 3.05) is 13.7 Å². The van der Waals surface area contributed by atoms with Crippen LogP contribution in [0.1, 0.15) is 6.92 Å². The van der Waals surface area contributed by atoms with Crippen molar-refractivity contribution in [2.24, 2.45) is 22.9 Å². The molecule has 15 unspecified atom stereocenters. The molecule has 294 valence electrons. The van der Waals surface area contributed by atoms with Crippen molar-refractivity contribution in [1.29, 1.82) is 0 Å². The lowest BCUT2D eigenvalue weighted by Crippen LogP contribution is -2.99. The molecule has 29 heteroatoms. The number of hydrogen-bond donors (Lipinski definition) is 16. The first-order chi connectivity index (χ1) is 22.7. The molecule has 0 aromatic heterocycles. The van der Waals surface area contributed by atoms with Gasteiger partial charge in [0.25, 0.3) is 0 Å². The van der Waals surface area contributed by atoms with Gasteiger partial charge in [-0.25, -0.2) is 16.8 Å². The number of aliphatic hydroxyl groups is 7. The molecule has 2 saturated heterocycles. The van der Waals surface area contributed by atoms with Crippen molar-refractivity contribution >= 4 is 39.0 Å². The van der Waals surface area contributed by atoms with E-state index < -0.39 is 125 Å². The summed E-state index contributed by atoms with van der Waals surface area (Å²) in [4.78, 5) is 17.1. The van der Waals surface area contributed by atoms with Gasteiger partial charge in [0.1, 0.15) is 60.9 Å². The summed E-state index contributed by atoms with van der Waals surface area (Å²) in [6, 6.07) is -3.76. The lowest BCUT2D eigenvalue weighted by atomic mass is 9.81. The van der Waals surface area contributed by atoms with Crippen LogP contribution in [0.2, 0.25) is 0 Å². The van der Waals surface area contributed by atoms with Gasteiger partial charge in [0, 0.05) is 0 Å². The van der Waals surface area contributed by atoms with Crippen LogP contribution in [-0.2, 0) is 44.5 Å². The molecule has 0 bridgehead atoms. The molecule has 50 heavy (non-hydrogen) atoms. The van der Waals surface area contributed by atoms with Crippen LogP contribution in [0.4, 0.5) is 0 Å². The van der Waals surface area contributed by atoms with Crippen molar-refractivity contribution in [1.82, 2.24) is 5.32 Å². The zero-order valence-corrected chi connectivity index (χ0v) is 27.6. The van der Waals surface area contributed by atoms with Crippen LogP contribution < -0.4 is 38.2 Å². The Balaban J connectivity index is 0.00000109. The number of carbonyl (C=O) groups is 1. The number of nitrogens with two attached hydrogens (primary N) is 4. The van der Waals surface area contributed by atoms with E-state index in [1.54, 1.807) is 0 Å². The van der Waals surface area contributed by atoms with E-state index in [0.29, 0.717) is 0 Å². The average Bonchev–Trinajstić information content (AvgIpc) is 3.20. The topological polar surface area (TPSA) is 495 Å². The first kappa shape index (κ1) is 45.5. The van der Waals surface area contributed by atoms with E-state index >= 15 is 0 Å². The van der Waals surface area contributed by atoms with Gasteiger partial charge in [0.2, 0.25) is 20.8 Å². The molecule has 0 spiro atoms. The molecule has 2 aliphatic heterocycles. The molecule has 1 aliphatic carbocycles. The van der Waals surface area contributed by atoms with Crippen LogP contribution in [0.25, 0.3) is 0 Å². The van der Waals surface area contributed by atoms with Crippen molar-refractivity contribution in [3.8, 4) is 0 Å². The summed E-state index contributed by atoms with van der Waals surface area (Å²) in [7, 11) is -8.41. The zero-order valence-electron chi connectivity index (χ0n) is 26.0. The molecule has 1 saturated carbocycles. The van der Waals surface area contributed by atoms with E-state index in [2.05, 4.69) is 15.3 Å². The van der Waals surface area contributed by atoms with Gasteiger partial charge in [0.15, 0.2) is 24.5 Å². The van der Waals surface area contributed by atoms with Gasteiger partial charge in [-0.3, -0.25) is 46.8 Å². The Morgan fingerprint density at radius 2 is 1.32 bits per heavy atom. The summed E-state index contributed by atoms with van der Waals surface area (Å²) >= 11 is 0. The van der Waals surface area contributed by atoms with Crippen LogP contribution in [0.5, 0.6) is 0 Å². The van der Waals surface area contributed by atoms with Gasteiger partial charge in [0.05, 0.1) is 18.8 Å². The van der Waals surface area contributed by atoms with Crippen LogP contribution in [-0.4, -0.2) is 194 Å². The summed E-state index contributed by atoms with van der Waals surface area (Å²) in [6.45, 7) is 0.640. The molecule has 0 aromatic carbocycles.